The van der Waals surface area contributed by atoms with Gasteiger partial charge in [-0.05, 0) is 13.8 Å². The molecule has 104 valence electrons. The molecule has 0 atom stereocenters. The lowest BCUT2D eigenvalue weighted by Crippen LogP contribution is -2.36. The van der Waals surface area contributed by atoms with Gasteiger partial charge in [0.2, 0.25) is 5.91 Å². The van der Waals surface area contributed by atoms with Crippen LogP contribution in [0.1, 0.15) is 13.8 Å². The molecule has 0 fully saturated rings. The predicted octanol–water partition coefficient (Wildman–Crippen LogP) is -0.0685. The van der Waals surface area contributed by atoms with Crippen LogP contribution in [-0.2, 0) is 16.1 Å². The zero-order chi connectivity index (χ0) is 14.6. The van der Waals surface area contributed by atoms with Gasteiger partial charge >= 0.3 is 5.97 Å². The number of carboxylic acid groups (broad SMARTS) is 1. The largest absolute Gasteiger partial charge is 0.481 e. The molecule has 1 amide bonds. The number of primary amides is 1. The minimum atomic E-state index is -1.01. The van der Waals surface area contributed by atoms with Crippen LogP contribution in [-0.4, -0.2) is 32.3 Å². The molecule has 0 aliphatic rings. The van der Waals surface area contributed by atoms with Crippen LogP contribution in [0.3, 0.4) is 0 Å². The van der Waals surface area contributed by atoms with Gasteiger partial charge in [-0.2, -0.15) is 4.98 Å². The molecule has 19 heavy (non-hydrogen) atoms. The number of nitrogens with two attached hydrogens (primary N) is 1. The maximum absolute atomic E-state index is 11.3. The summed E-state index contributed by atoms with van der Waals surface area (Å²) in [7, 11) is 0. The lowest BCUT2D eigenvalue weighted by molar-refractivity contribution is -0.134. The van der Waals surface area contributed by atoms with Gasteiger partial charge in [0, 0.05) is 18.8 Å². The van der Waals surface area contributed by atoms with Crippen LogP contribution < -0.4 is 11.3 Å². The number of carbonyl (C=O) groups is 2. The first-order chi connectivity index (χ1) is 8.72. The molecule has 8 heteroatoms. The summed E-state index contributed by atoms with van der Waals surface area (Å²) in [4.78, 5) is 36.8. The normalized spacial score (nSPS) is 11.3. The second kappa shape index (κ2) is 5.87. The Balaban J connectivity index is 3.03. The topological polar surface area (TPSA) is 115 Å². The summed E-state index contributed by atoms with van der Waals surface area (Å²) in [6.07, 6.45) is 1.48. The minimum Gasteiger partial charge on any atom is -0.481 e. The van der Waals surface area contributed by atoms with Gasteiger partial charge in [-0.15, -0.1) is 0 Å². The number of amides is 1. The lowest BCUT2D eigenvalue weighted by Gasteiger charge is -2.23. The third kappa shape index (κ3) is 4.40. The van der Waals surface area contributed by atoms with Gasteiger partial charge in [0.25, 0.3) is 5.56 Å². The first-order valence-corrected chi connectivity index (χ1v) is 6.43. The molecular weight excluding hydrogens is 270 g/mol. The smallest absolute Gasteiger partial charge is 0.313 e. The number of hydrogen-bond acceptors (Lipinski definition) is 5. The molecule has 0 saturated heterocycles. The Labute approximate surface area is 113 Å². The maximum Gasteiger partial charge on any atom is 0.313 e. The fraction of sp³-hybridized carbons (Fsp3) is 0.455. The zero-order valence-electron chi connectivity index (χ0n) is 10.6. The predicted molar refractivity (Wildman–Crippen MR) is 69.8 cm³/mol. The van der Waals surface area contributed by atoms with Crippen LogP contribution in [0.2, 0.25) is 0 Å². The number of nitrogens with zero attached hydrogens (tertiary/aromatic N) is 2. The van der Waals surface area contributed by atoms with Gasteiger partial charge < -0.3 is 15.4 Å². The Morgan fingerprint density at radius 3 is 2.68 bits per heavy atom. The molecule has 7 nitrogen and oxygen atoms in total. The molecule has 0 unspecified atom stereocenters. The van der Waals surface area contributed by atoms with E-state index < -0.39 is 22.9 Å². The highest BCUT2D eigenvalue weighted by molar-refractivity contribution is 7.99. The number of carboxylic acids is 1. The maximum atomic E-state index is 11.3. The van der Waals surface area contributed by atoms with E-state index in [1.54, 1.807) is 18.4 Å². The van der Waals surface area contributed by atoms with E-state index in [0.29, 0.717) is 0 Å². The van der Waals surface area contributed by atoms with Crippen LogP contribution in [0.15, 0.2) is 22.2 Å². The van der Waals surface area contributed by atoms with E-state index in [4.69, 9.17) is 10.8 Å². The quantitative estimate of drug-likeness (QED) is 0.558. The van der Waals surface area contributed by atoms with E-state index in [0.717, 1.165) is 11.8 Å². The van der Waals surface area contributed by atoms with Gasteiger partial charge in [0.1, 0.15) is 0 Å². The first kappa shape index (κ1) is 15.2. The number of aliphatic carboxylic acids is 1. The third-order valence-corrected chi connectivity index (χ3v) is 3.38. The van der Waals surface area contributed by atoms with E-state index in [1.807, 2.05) is 0 Å². The van der Waals surface area contributed by atoms with Gasteiger partial charge in [-0.1, -0.05) is 11.8 Å². The molecule has 1 aromatic rings. The molecule has 0 saturated carbocycles. The number of carbonyl (C=O) groups excluding carboxylic acids is 1. The van der Waals surface area contributed by atoms with Crippen molar-refractivity contribution in [3.05, 3.63) is 22.6 Å². The zero-order valence-corrected chi connectivity index (χ0v) is 11.4. The van der Waals surface area contributed by atoms with Crippen LogP contribution >= 0.6 is 11.8 Å². The molecule has 1 aromatic heterocycles. The third-order valence-electron chi connectivity index (χ3n) is 2.41. The fourth-order valence-electron chi connectivity index (χ4n) is 1.28. The summed E-state index contributed by atoms with van der Waals surface area (Å²) in [6, 6.07) is 1.25. The standard InChI is InChI=1S/C11H15N3O4S/c1-11(2,9(12)18)6-14-4-3-7(15)13-10(14)19-5-8(16)17/h3-4H,5-6H2,1-2H3,(H2,12,18)(H,16,17). The lowest BCUT2D eigenvalue weighted by atomic mass is 9.93. The van der Waals surface area contributed by atoms with Crippen LogP contribution in [0, 0.1) is 5.41 Å². The highest BCUT2D eigenvalue weighted by Crippen LogP contribution is 2.21. The molecule has 0 spiro atoms. The molecule has 0 bridgehead atoms. The summed E-state index contributed by atoms with van der Waals surface area (Å²) < 4.78 is 1.56. The molecule has 0 aliphatic carbocycles. The van der Waals surface area contributed by atoms with Gasteiger partial charge in [0.05, 0.1) is 11.2 Å². The van der Waals surface area contributed by atoms with Crippen molar-refractivity contribution in [3.63, 3.8) is 0 Å². The van der Waals surface area contributed by atoms with Crippen molar-refractivity contribution in [1.29, 1.82) is 0 Å². The molecule has 0 radical (unpaired) electrons. The van der Waals surface area contributed by atoms with Gasteiger partial charge in [-0.25, -0.2) is 0 Å². The van der Waals surface area contributed by atoms with E-state index in [2.05, 4.69) is 4.98 Å². The first-order valence-electron chi connectivity index (χ1n) is 5.44. The van der Waals surface area contributed by atoms with Crippen LogP contribution in [0.4, 0.5) is 0 Å². The van der Waals surface area contributed by atoms with E-state index in [-0.39, 0.29) is 17.5 Å². The molecule has 0 aliphatic heterocycles. The minimum absolute atomic E-state index is 0.215. The van der Waals surface area contributed by atoms with Gasteiger partial charge in [-0.3, -0.25) is 14.4 Å². The number of hydrogen-bond donors (Lipinski definition) is 2. The Morgan fingerprint density at radius 2 is 2.16 bits per heavy atom. The van der Waals surface area contributed by atoms with Crippen molar-refractivity contribution in [2.75, 3.05) is 5.75 Å². The summed E-state index contributed by atoms with van der Waals surface area (Å²) in [5.74, 6) is -1.71. The SMILES string of the molecule is CC(C)(Cn1ccc(=O)nc1SCC(=O)O)C(N)=O. The van der Waals surface area contributed by atoms with Crippen molar-refractivity contribution in [3.8, 4) is 0 Å². The fourth-order valence-corrected chi connectivity index (χ4v) is 1.98. The van der Waals surface area contributed by atoms with Crippen LogP contribution in [0.5, 0.6) is 0 Å². The Bertz CT molecular complexity index is 553. The Kier molecular flexibility index (Phi) is 4.71. The molecule has 0 aromatic carbocycles. The van der Waals surface area contributed by atoms with Gasteiger partial charge in [0.15, 0.2) is 5.16 Å². The van der Waals surface area contributed by atoms with Crippen molar-refractivity contribution in [1.82, 2.24) is 9.55 Å². The highest BCUT2D eigenvalue weighted by Gasteiger charge is 2.26. The summed E-state index contributed by atoms with van der Waals surface area (Å²) >= 11 is 0.922. The van der Waals surface area contributed by atoms with E-state index >= 15 is 0 Å². The number of rotatable bonds is 6. The monoisotopic (exact) mass is 285 g/mol. The van der Waals surface area contributed by atoms with Crippen molar-refractivity contribution < 1.29 is 14.7 Å². The molecular formula is C11H15N3O4S. The summed E-state index contributed by atoms with van der Waals surface area (Å²) in [6.45, 7) is 3.55. The average Bonchev–Trinajstić information content (AvgIpc) is 2.29. The van der Waals surface area contributed by atoms with E-state index in [1.165, 1.54) is 12.3 Å². The van der Waals surface area contributed by atoms with Crippen molar-refractivity contribution in [2.24, 2.45) is 11.1 Å². The highest BCUT2D eigenvalue weighted by atomic mass is 32.2. The molecule has 1 rings (SSSR count). The average molecular weight is 285 g/mol. The number of thioether (sulfide) groups is 1. The van der Waals surface area contributed by atoms with E-state index in [9.17, 15) is 14.4 Å². The second-order valence-corrected chi connectivity index (χ2v) is 5.55. The molecule has 1 heterocycles. The molecule has 3 N–H and O–H groups in total. The van der Waals surface area contributed by atoms with Crippen molar-refractivity contribution >= 4 is 23.6 Å². The second-order valence-electron chi connectivity index (χ2n) is 4.61. The summed E-state index contributed by atoms with van der Waals surface area (Å²) in [5.41, 5.74) is 4.00. The Hall–Kier alpha value is -1.83. The number of aromatic nitrogens is 2. The summed E-state index contributed by atoms with van der Waals surface area (Å²) in [5, 5.41) is 8.90. The van der Waals surface area contributed by atoms with Crippen molar-refractivity contribution in [2.45, 2.75) is 25.5 Å². The van der Waals surface area contributed by atoms with Crippen LogP contribution in [0.25, 0.3) is 0 Å². The Morgan fingerprint density at radius 1 is 1.53 bits per heavy atom.